The first-order valence-corrected chi connectivity index (χ1v) is 10.5. The number of unbranched alkanes of at least 4 members (excludes halogenated alkanes) is 3. The highest BCUT2D eigenvalue weighted by Crippen LogP contribution is 2.26. The SMILES string of the molecule is Cn1c(CCCCCCC(=O)NO)nc2c(F)cc(N(CCCl)CCCl)cc21. The molecule has 0 aliphatic carbocycles. The molecule has 28 heavy (non-hydrogen) atoms. The molecular formula is C19H27Cl2FN4O2. The van der Waals surface area contributed by atoms with Gasteiger partial charge in [-0.2, -0.15) is 0 Å². The molecular weight excluding hydrogens is 406 g/mol. The fourth-order valence-electron chi connectivity index (χ4n) is 3.24. The van der Waals surface area contributed by atoms with E-state index in [0.717, 1.165) is 49.1 Å². The third kappa shape index (κ3) is 5.96. The summed E-state index contributed by atoms with van der Waals surface area (Å²) in [5.41, 5.74) is 3.51. The molecule has 2 rings (SSSR count). The second-order valence-corrected chi connectivity index (χ2v) is 7.45. The van der Waals surface area contributed by atoms with Crippen molar-refractivity contribution in [2.75, 3.05) is 29.7 Å². The van der Waals surface area contributed by atoms with E-state index in [9.17, 15) is 9.18 Å². The Morgan fingerprint density at radius 3 is 2.54 bits per heavy atom. The number of aromatic nitrogens is 2. The van der Waals surface area contributed by atoms with Crippen molar-refractivity contribution in [1.82, 2.24) is 15.0 Å². The summed E-state index contributed by atoms with van der Waals surface area (Å²) >= 11 is 11.7. The number of amides is 1. The van der Waals surface area contributed by atoms with Crippen LogP contribution < -0.4 is 10.4 Å². The second kappa shape index (κ2) is 11.4. The Morgan fingerprint density at radius 1 is 1.21 bits per heavy atom. The monoisotopic (exact) mass is 432 g/mol. The van der Waals surface area contributed by atoms with Gasteiger partial charge in [-0.3, -0.25) is 10.0 Å². The lowest BCUT2D eigenvalue weighted by Gasteiger charge is -2.23. The number of halogens is 3. The summed E-state index contributed by atoms with van der Waals surface area (Å²) in [6.45, 7) is 1.19. The smallest absolute Gasteiger partial charge is 0.243 e. The second-order valence-electron chi connectivity index (χ2n) is 6.70. The maximum absolute atomic E-state index is 14.7. The van der Waals surface area contributed by atoms with Crippen molar-refractivity contribution in [3.63, 3.8) is 0 Å². The van der Waals surface area contributed by atoms with E-state index in [4.69, 9.17) is 28.4 Å². The van der Waals surface area contributed by atoms with Crippen LogP contribution in [-0.4, -0.2) is 45.5 Å². The Hall–Kier alpha value is -1.57. The van der Waals surface area contributed by atoms with E-state index in [2.05, 4.69) is 4.98 Å². The zero-order chi connectivity index (χ0) is 20.5. The molecule has 0 spiro atoms. The van der Waals surface area contributed by atoms with Gasteiger partial charge in [0, 0.05) is 50.4 Å². The van der Waals surface area contributed by atoms with E-state index in [-0.39, 0.29) is 11.7 Å². The third-order valence-corrected chi connectivity index (χ3v) is 5.11. The molecule has 2 N–H and O–H groups in total. The van der Waals surface area contributed by atoms with E-state index < -0.39 is 0 Å². The van der Waals surface area contributed by atoms with Gasteiger partial charge in [0.1, 0.15) is 11.3 Å². The highest BCUT2D eigenvalue weighted by atomic mass is 35.5. The van der Waals surface area contributed by atoms with Crippen molar-refractivity contribution in [2.45, 2.75) is 38.5 Å². The Balaban J connectivity index is 2.05. The minimum atomic E-state index is -0.362. The van der Waals surface area contributed by atoms with Crippen LogP contribution in [0.15, 0.2) is 12.1 Å². The minimum absolute atomic E-state index is 0.317. The van der Waals surface area contributed by atoms with Gasteiger partial charge in [0.15, 0.2) is 5.82 Å². The number of nitrogens with one attached hydrogen (secondary N) is 1. The van der Waals surface area contributed by atoms with Gasteiger partial charge in [-0.1, -0.05) is 12.8 Å². The first-order valence-electron chi connectivity index (χ1n) is 9.46. The summed E-state index contributed by atoms with van der Waals surface area (Å²) in [4.78, 5) is 17.4. The standard InChI is InChI=1S/C19H27Cl2FN4O2/c1-25-16-13-14(26(10-8-20)11-9-21)12-15(22)19(16)23-17(25)6-4-2-3-5-7-18(27)24-28/h12-13,28H,2-11H2,1H3,(H,24,27). The van der Waals surface area contributed by atoms with E-state index in [1.165, 1.54) is 6.07 Å². The zero-order valence-corrected chi connectivity index (χ0v) is 17.6. The van der Waals surface area contributed by atoms with Crippen molar-refractivity contribution >= 4 is 45.8 Å². The fraction of sp³-hybridized carbons (Fsp3) is 0.579. The van der Waals surface area contributed by atoms with E-state index in [1.807, 2.05) is 22.6 Å². The van der Waals surface area contributed by atoms with Crippen LogP contribution in [-0.2, 0) is 18.3 Å². The molecule has 156 valence electrons. The molecule has 0 fully saturated rings. The van der Waals surface area contributed by atoms with Crippen LogP contribution >= 0.6 is 23.2 Å². The van der Waals surface area contributed by atoms with Gasteiger partial charge in [0.25, 0.3) is 0 Å². The predicted octanol–water partition coefficient (Wildman–Crippen LogP) is 3.99. The average molecular weight is 433 g/mol. The molecule has 1 aromatic heterocycles. The number of alkyl halides is 2. The number of rotatable bonds is 12. The third-order valence-electron chi connectivity index (χ3n) is 4.77. The number of hydrogen-bond acceptors (Lipinski definition) is 4. The molecule has 2 aromatic rings. The Kier molecular flexibility index (Phi) is 9.28. The minimum Gasteiger partial charge on any atom is -0.369 e. The summed E-state index contributed by atoms with van der Waals surface area (Å²) < 4.78 is 16.6. The molecule has 9 heteroatoms. The number of carbonyl (C=O) groups is 1. The molecule has 0 unspecified atom stereocenters. The summed E-state index contributed by atoms with van der Waals surface area (Å²) in [6, 6.07) is 3.42. The van der Waals surface area contributed by atoms with Gasteiger partial charge in [-0.05, 0) is 25.0 Å². The van der Waals surface area contributed by atoms with E-state index in [0.29, 0.717) is 36.8 Å². The molecule has 0 radical (unpaired) electrons. The number of anilines is 1. The predicted molar refractivity (Wildman–Crippen MR) is 111 cm³/mol. The number of carbonyl (C=O) groups excluding carboxylic acids is 1. The van der Waals surface area contributed by atoms with Gasteiger partial charge in [0.2, 0.25) is 5.91 Å². The molecule has 1 amide bonds. The molecule has 0 saturated heterocycles. The lowest BCUT2D eigenvalue weighted by Crippen LogP contribution is -2.27. The Morgan fingerprint density at radius 2 is 1.89 bits per heavy atom. The van der Waals surface area contributed by atoms with Gasteiger partial charge < -0.3 is 9.47 Å². The van der Waals surface area contributed by atoms with E-state index in [1.54, 1.807) is 5.48 Å². The molecule has 1 aromatic carbocycles. The first kappa shape index (κ1) is 22.7. The van der Waals surface area contributed by atoms with E-state index >= 15 is 0 Å². The topological polar surface area (TPSA) is 70.4 Å². The molecule has 6 nitrogen and oxygen atoms in total. The molecule has 0 aliphatic heterocycles. The molecule has 0 atom stereocenters. The number of fused-ring (bicyclic) bond motifs is 1. The number of nitrogens with zero attached hydrogens (tertiary/aromatic N) is 3. The molecule has 0 saturated carbocycles. The molecule has 0 bridgehead atoms. The van der Waals surface area contributed by atoms with Gasteiger partial charge in [-0.25, -0.2) is 14.9 Å². The summed E-state index contributed by atoms with van der Waals surface area (Å²) in [5.74, 6) is 0.998. The number of hydroxylamine groups is 1. The molecule has 1 heterocycles. The van der Waals surface area contributed by atoms with Crippen molar-refractivity contribution in [2.24, 2.45) is 7.05 Å². The van der Waals surface area contributed by atoms with Crippen LogP contribution in [0.4, 0.5) is 10.1 Å². The maximum atomic E-state index is 14.7. The fourth-order valence-corrected chi connectivity index (χ4v) is 3.65. The van der Waals surface area contributed by atoms with Crippen LogP contribution in [0.25, 0.3) is 11.0 Å². The number of imidazole rings is 1. The summed E-state index contributed by atoms with van der Waals surface area (Å²) in [7, 11) is 1.90. The van der Waals surface area contributed by atoms with Crippen LogP contribution in [0.1, 0.15) is 37.9 Å². The van der Waals surface area contributed by atoms with Crippen molar-refractivity contribution < 1.29 is 14.4 Å². The largest absolute Gasteiger partial charge is 0.369 e. The van der Waals surface area contributed by atoms with Crippen LogP contribution in [0.2, 0.25) is 0 Å². The lowest BCUT2D eigenvalue weighted by atomic mass is 10.1. The summed E-state index contributed by atoms with van der Waals surface area (Å²) in [5, 5.41) is 8.46. The number of hydrogen-bond donors (Lipinski definition) is 2. The zero-order valence-electron chi connectivity index (χ0n) is 16.1. The summed E-state index contributed by atoms with van der Waals surface area (Å²) in [6.07, 6.45) is 4.51. The Labute approximate surface area is 174 Å². The average Bonchev–Trinajstić information content (AvgIpc) is 3.00. The highest BCUT2D eigenvalue weighted by molar-refractivity contribution is 6.18. The lowest BCUT2D eigenvalue weighted by molar-refractivity contribution is -0.129. The van der Waals surface area contributed by atoms with Crippen LogP contribution in [0.5, 0.6) is 0 Å². The maximum Gasteiger partial charge on any atom is 0.243 e. The quantitative estimate of drug-likeness (QED) is 0.230. The van der Waals surface area contributed by atoms with Crippen molar-refractivity contribution in [1.29, 1.82) is 0 Å². The normalized spacial score (nSPS) is 11.2. The van der Waals surface area contributed by atoms with Crippen molar-refractivity contribution in [3.05, 3.63) is 23.8 Å². The van der Waals surface area contributed by atoms with Gasteiger partial charge >= 0.3 is 0 Å². The van der Waals surface area contributed by atoms with Crippen LogP contribution in [0, 0.1) is 5.82 Å². The number of benzene rings is 1. The van der Waals surface area contributed by atoms with Crippen molar-refractivity contribution in [3.8, 4) is 0 Å². The van der Waals surface area contributed by atoms with Gasteiger partial charge in [-0.15, -0.1) is 23.2 Å². The van der Waals surface area contributed by atoms with Gasteiger partial charge in [0.05, 0.1) is 5.52 Å². The Bertz CT molecular complexity index is 779. The number of aryl methyl sites for hydroxylation is 2. The highest BCUT2D eigenvalue weighted by Gasteiger charge is 2.16. The van der Waals surface area contributed by atoms with Crippen LogP contribution in [0.3, 0.4) is 0 Å². The first-order chi connectivity index (χ1) is 13.5. The molecule has 0 aliphatic rings.